The highest BCUT2D eigenvalue weighted by atomic mass is 35.5. The van der Waals surface area contributed by atoms with Crippen LogP contribution in [-0.4, -0.2) is 10.6 Å². The van der Waals surface area contributed by atoms with Crippen molar-refractivity contribution in [2.24, 2.45) is 0 Å². The summed E-state index contributed by atoms with van der Waals surface area (Å²) in [6.45, 7) is 0. The average Bonchev–Trinajstić information content (AvgIpc) is 2.38. The van der Waals surface area contributed by atoms with Crippen LogP contribution in [0.5, 0.6) is 0 Å². The van der Waals surface area contributed by atoms with E-state index in [2.05, 4.69) is 4.42 Å². The zero-order valence-electron chi connectivity index (χ0n) is 5.39. The minimum atomic E-state index is -0.560. The normalized spacial score (nSPS) is 8.27. The molecule has 0 saturated carbocycles. The van der Waals surface area contributed by atoms with Gasteiger partial charge in [0.05, 0.1) is 11.6 Å². The lowest BCUT2D eigenvalue weighted by molar-refractivity contribution is 0.105. The molecule has 0 saturated heterocycles. The van der Waals surface area contributed by atoms with Gasteiger partial charge < -0.3 is 4.42 Å². The topological polar surface area (TPSA) is 30.2 Å². The minimum Gasteiger partial charge on any atom is -0.460 e. The van der Waals surface area contributed by atoms with Crippen LogP contribution in [0.25, 0.3) is 0 Å². The predicted octanol–water partition coefficient (Wildman–Crippen LogP) is 3.08. The Kier molecular flexibility index (Phi) is 6.42. The lowest BCUT2D eigenvalue weighted by Crippen LogP contribution is -1.80. The van der Waals surface area contributed by atoms with Crippen molar-refractivity contribution in [1.82, 2.24) is 0 Å². The average molecular weight is 215 g/mol. The summed E-state index contributed by atoms with van der Waals surface area (Å²) in [7, 11) is 0. The Bertz CT molecular complexity index is 196. The van der Waals surface area contributed by atoms with Crippen LogP contribution < -0.4 is 0 Å². The van der Waals surface area contributed by atoms with Crippen molar-refractivity contribution in [2.75, 3.05) is 5.34 Å². The van der Waals surface area contributed by atoms with Gasteiger partial charge in [0.25, 0.3) is 5.24 Å². The van der Waals surface area contributed by atoms with Crippen LogP contribution in [0.2, 0.25) is 0 Å². The van der Waals surface area contributed by atoms with Gasteiger partial charge in [-0.05, 0) is 23.7 Å². The van der Waals surface area contributed by atoms with Gasteiger partial charge in [-0.15, -0.1) is 23.2 Å². The molecule has 1 rings (SSSR count). The van der Waals surface area contributed by atoms with Crippen molar-refractivity contribution < 1.29 is 9.21 Å². The van der Waals surface area contributed by atoms with Crippen LogP contribution in [0.1, 0.15) is 10.6 Å². The fourth-order valence-electron chi connectivity index (χ4n) is 0.390. The van der Waals surface area contributed by atoms with Crippen LogP contribution in [-0.2, 0) is 0 Å². The molecule has 0 radical (unpaired) electrons. The van der Waals surface area contributed by atoms with Gasteiger partial charge in [0, 0.05) is 0 Å². The Hall–Kier alpha value is -0.180. The molecular formula is C6H5Cl3O2. The first-order valence-corrected chi connectivity index (χ1v) is 4.02. The van der Waals surface area contributed by atoms with E-state index in [0.717, 1.165) is 0 Å². The summed E-state index contributed by atoms with van der Waals surface area (Å²) in [6, 6.07) is 3.12. The molecule has 11 heavy (non-hydrogen) atoms. The van der Waals surface area contributed by atoms with Crippen molar-refractivity contribution in [3.8, 4) is 0 Å². The van der Waals surface area contributed by atoms with E-state index in [4.69, 9.17) is 34.8 Å². The number of carbonyl (C=O) groups excluding carboxylic acids is 1. The van der Waals surface area contributed by atoms with Crippen LogP contribution in [0.3, 0.4) is 0 Å². The number of hydrogen-bond acceptors (Lipinski definition) is 2. The fraction of sp³-hybridized carbons (Fsp3) is 0.167. The third kappa shape index (κ3) is 5.13. The van der Waals surface area contributed by atoms with Crippen LogP contribution in [0.4, 0.5) is 0 Å². The van der Waals surface area contributed by atoms with Gasteiger partial charge in [-0.2, -0.15) is 0 Å². The fourth-order valence-corrected chi connectivity index (χ4v) is 0.498. The Balaban J connectivity index is 0.000000292. The molecule has 5 heteroatoms. The van der Waals surface area contributed by atoms with Crippen molar-refractivity contribution in [3.63, 3.8) is 0 Å². The zero-order chi connectivity index (χ0) is 8.69. The maximum Gasteiger partial charge on any atom is 0.287 e. The van der Waals surface area contributed by atoms with Gasteiger partial charge in [-0.1, -0.05) is 0 Å². The highest BCUT2D eigenvalue weighted by Gasteiger charge is 2.00. The Labute approximate surface area is 79.0 Å². The monoisotopic (exact) mass is 214 g/mol. The molecule has 2 nitrogen and oxygen atoms in total. The molecule has 0 amide bonds. The van der Waals surface area contributed by atoms with Crippen molar-refractivity contribution in [1.29, 1.82) is 0 Å². The van der Waals surface area contributed by atoms with Gasteiger partial charge in [0.1, 0.15) is 0 Å². The number of alkyl halides is 2. The molecule has 0 N–H and O–H groups in total. The van der Waals surface area contributed by atoms with Crippen molar-refractivity contribution in [2.45, 2.75) is 0 Å². The molecule has 0 aliphatic carbocycles. The molecule has 0 aromatic carbocycles. The van der Waals surface area contributed by atoms with E-state index in [1.807, 2.05) is 0 Å². The Morgan fingerprint density at radius 2 is 2.09 bits per heavy atom. The van der Waals surface area contributed by atoms with E-state index in [-0.39, 0.29) is 11.1 Å². The third-order valence-electron chi connectivity index (χ3n) is 0.715. The maximum absolute atomic E-state index is 10.2. The largest absolute Gasteiger partial charge is 0.460 e. The maximum atomic E-state index is 10.2. The summed E-state index contributed by atoms with van der Waals surface area (Å²) in [4.78, 5) is 10.2. The van der Waals surface area contributed by atoms with E-state index in [1.54, 1.807) is 6.07 Å². The Morgan fingerprint density at radius 1 is 1.55 bits per heavy atom. The number of rotatable bonds is 1. The lowest BCUT2D eigenvalue weighted by Gasteiger charge is -1.77. The van der Waals surface area contributed by atoms with Gasteiger partial charge in [-0.3, -0.25) is 4.79 Å². The molecule has 0 aliphatic rings. The van der Waals surface area contributed by atoms with Crippen LogP contribution in [0.15, 0.2) is 22.8 Å². The van der Waals surface area contributed by atoms with Crippen molar-refractivity contribution in [3.05, 3.63) is 24.2 Å². The SMILES string of the molecule is ClCCl.O=C(Cl)c1ccco1. The first kappa shape index (κ1) is 10.8. The van der Waals surface area contributed by atoms with Crippen LogP contribution in [0, 0.1) is 0 Å². The molecule has 0 atom stereocenters. The molecule has 1 aromatic heterocycles. The van der Waals surface area contributed by atoms with E-state index in [0.29, 0.717) is 0 Å². The summed E-state index contributed by atoms with van der Waals surface area (Å²) in [5.41, 5.74) is 0. The highest BCUT2D eigenvalue weighted by molar-refractivity contribution is 6.67. The van der Waals surface area contributed by atoms with E-state index in [1.165, 1.54) is 12.3 Å². The molecular weight excluding hydrogens is 210 g/mol. The van der Waals surface area contributed by atoms with Gasteiger partial charge >= 0.3 is 0 Å². The van der Waals surface area contributed by atoms with E-state index >= 15 is 0 Å². The van der Waals surface area contributed by atoms with E-state index in [9.17, 15) is 4.79 Å². The predicted molar refractivity (Wildman–Crippen MR) is 45.5 cm³/mol. The molecule has 0 bridgehead atoms. The summed E-state index contributed by atoms with van der Waals surface area (Å²) >= 11 is 14.5. The number of furan rings is 1. The molecule has 1 heterocycles. The first-order chi connectivity index (χ1) is 5.22. The molecule has 62 valence electrons. The quantitative estimate of drug-likeness (QED) is 0.532. The summed E-state index contributed by atoms with van der Waals surface area (Å²) in [5.74, 6) is 0.187. The molecule has 0 unspecified atom stereocenters. The summed E-state index contributed by atoms with van der Waals surface area (Å²) in [5, 5.41) is -0.366. The van der Waals surface area contributed by atoms with Gasteiger partial charge in [0.2, 0.25) is 0 Å². The standard InChI is InChI=1S/C5H3ClO2.CH2Cl2/c6-5(7)4-2-1-3-8-4;2-1-3/h1-3H;1H2. The number of halogens is 3. The van der Waals surface area contributed by atoms with Crippen LogP contribution >= 0.6 is 34.8 Å². The smallest absolute Gasteiger partial charge is 0.287 e. The lowest BCUT2D eigenvalue weighted by atomic mass is 10.5. The second-order valence-corrected chi connectivity index (χ2v) is 2.50. The first-order valence-electron chi connectivity index (χ1n) is 2.57. The summed E-state index contributed by atoms with van der Waals surface area (Å²) in [6.07, 6.45) is 1.40. The third-order valence-corrected chi connectivity index (χ3v) is 0.901. The number of hydrogen-bond donors (Lipinski definition) is 0. The van der Waals surface area contributed by atoms with Crippen molar-refractivity contribution >= 4 is 40.0 Å². The highest BCUT2D eigenvalue weighted by Crippen LogP contribution is 2.02. The Morgan fingerprint density at radius 3 is 2.27 bits per heavy atom. The van der Waals surface area contributed by atoms with E-state index < -0.39 is 5.24 Å². The summed E-state index contributed by atoms with van der Waals surface area (Å²) < 4.78 is 4.61. The molecule has 0 fully saturated rings. The number of carbonyl (C=O) groups is 1. The molecule has 0 spiro atoms. The molecule has 1 aromatic rings. The minimum absolute atomic E-state index is 0.187. The van der Waals surface area contributed by atoms with Gasteiger partial charge in [0.15, 0.2) is 5.76 Å². The second-order valence-electron chi connectivity index (χ2n) is 1.35. The zero-order valence-corrected chi connectivity index (χ0v) is 7.66. The molecule has 0 aliphatic heterocycles. The second kappa shape index (κ2) is 6.53. The van der Waals surface area contributed by atoms with Gasteiger partial charge in [-0.25, -0.2) is 0 Å².